The van der Waals surface area contributed by atoms with Gasteiger partial charge in [-0.15, -0.1) is 5.11 Å². The van der Waals surface area contributed by atoms with Crippen molar-refractivity contribution in [2.24, 2.45) is 5.11 Å². The van der Waals surface area contributed by atoms with Crippen molar-refractivity contribution >= 4 is 11.4 Å². The number of piperidine rings is 1. The molecule has 0 bridgehead atoms. The van der Waals surface area contributed by atoms with Gasteiger partial charge in [0.1, 0.15) is 11.4 Å². The molecule has 2 heterocycles. The van der Waals surface area contributed by atoms with Crippen LogP contribution >= 0.6 is 0 Å². The highest BCUT2D eigenvalue weighted by Gasteiger charge is 2.36. The summed E-state index contributed by atoms with van der Waals surface area (Å²) in [5.74, 6) is 0.905. The summed E-state index contributed by atoms with van der Waals surface area (Å²) in [7, 11) is 0. The van der Waals surface area contributed by atoms with E-state index in [0.717, 1.165) is 42.8 Å². The number of ether oxygens (including phenoxy) is 1. The van der Waals surface area contributed by atoms with Crippen LogP contribution in [0, 0.1) is 10.9 Å². The molecule has 0 radical (unpaired) electrons. The largest absolute Gasteiger partial charge is 0.482 e. The van der Waals surface area contributed by atoms with Gasteiger partial charge in [-0.2, -0.15) is 0 Å². The van der Waals surface area contributed by atoms with E-state index < -0.39 is 0 Å². The first-order valence-corrected chi connectivity index (χ1v) is 8.50. The Morgan fingerprint density at radius 2 is 1.76 bits per heavy atom. The van der Waals surface area contributed by atoms with Gasteiger partial charge in [-0.1, -0.05) is 42.5 Å². The molecule has 2 aliphatic rings. The molecule has 5 nitrogen and oxygen atoms in total. The van der Waals surface area contributed by atoms with E-state index in [4.69, 9.17) is 15.7 Å². The molecule has 0 amide bonds. The minimum atomic E-state index is -0.253. The number of nitrogens with zero attached hydrogens (tertiary/aromatic N) is 1. The van der Waals surface area contributed by atoms with Gasteiger partial charge >= 0.3 is 0 Å². The summed E-state index contributed by atoms with van der Waals surface area (Å²) in [5, 5.41) is 14.3. The molecule has 0 aliphatic carbocycles. The van der Waals surface area contributed by atoms with Crippen LogP contribution in [0.25, 0.3) is 5.57 Å². The molecule has 25 heavy (non-hydrogen) atoms. The van der Waals surface area contributed by atoms with Gasteiger partial charge in [-0.05, 0) is 36.4 Å². The van der Waals surface area contributed by atoms with Crippen molar-refractivity contribution in [1.82, 2.24) is 5.32 Å². The van der Waals surface area contributed by atoms with Crippen molar-refractivity contribution in [2.75, 3.05) is 13.1 Å². The van der Waals surface area contributed by atoms with Gasteiger partial charge in [0.25, 0.3) is 0 Å². The third-order valence-corrected chi connectivity index (χ3v) is 4.93. The molecule has 2 aliphatic heterocycles. The van der Waals surface area contributed by atoms with E-state index in [1.54, 1.807) is 0 Å². The van der Waals surface area contributed by atoms with Crippen LogP contribution in [-0.4, -0.2) is 24.5 Å². The lowest BCUT2D eigenvalue weighted by Crippen LogP contribution is -2.46. The fraction of sp³-hybridized carbons (Fsp3) is 0.250. The Labute approximate surface area is 146 Å². The maximum absolute atomic E-state index is 7.67. The molecule has 3 N–H and O–H groups in total. The average molecular weight is 332 g/mol. The number of benzene rings is 2. The number of nitrogens with one attached hydrogen (secondary N) is 3. The second kappa shape index (κ2) is 6.26. The van der Waals surface area contributed by atoms with E-state index in [1.165, 1.54) is 5.57 Å². The van der Waals surface area contributed by atoms with Crippen LogP contribution in [0.2, 0.25) is 0 Å². The summed E-state index contributed by atoms with van der Waals surface area (Å²) in [4.78, 5) is 0. The first-order chi connectivity index (χ1) is 12.2. The van der Waals surface area contributed by atoms with Gasteiger partial charge in [-0.25, -0.2) is 5.53 Å². The van der Waals surface area contributed by atoms with Crippen LogP contribution in [0.3, 0.4) is 0 Å². The highest BCUT2D eigenvalue weighted by Crippen LogP contribution is 2.42. The number of hydrogen-bond acceptors (Lipinski definition) is 4. The number of hydrogen-bond donors (Lipinski definition) is 3. The summed E-state index contributed by atoms with van der Waals surface area (Å²) in [6.07, 6.45) is 4.17. The molecular formula is C20H20N4O. The second-order valence-corrected chi connectivity index (χ2v) is 6.51. The number of fused-ring (bicyclic) bond motifs is 1. The zero-order chi connectivity index (χ0) is 17.3. The first kappa shape index (κ1) is 15.7. The topological polar surface area (TPSA) is 81.3 Å². The quantitative estimate of drug-likeness (QED) is 0.441. The maximum Gasteiger partial charge on any atom is 0.173 e. The molecule has 126 valence electrons. The second-order valence-electron chi connectivity index (χ2n) is 6.51. The van der Waals surface area contributed by atoms with Gasteiger partial charge in [0.05, 0.1) is 0 Å². The third-order valence-electron chi connectivity index (χ3n) is 4.93. The maximum atomic E-state index is 7.67. The Balaban J connectivity index is 1.79. The molecular weight excluding hydrogens is 312 g/mol. The fourth-order valence-corrected chi connectivity index (χ4v) is 3.57. The molecule has 1 spiro atoms. The van der Waals surface area contributed by atoms with E-state index in [2.05, 4.69) is 22.6 Å². The molecule has 0 aromatic heterocycles. The lowest BCUT2D eigenvalue weighted by molar-refractivity contribution is 0.0817. The summed E-state index contributed by atoms with van der Waals surface area (Å²) >= 11 is 0. The minimum absolute atomic E-state index is 0.0252. The standard InChI is InChI=1S/C20H20N4O/c21-19(24-22)15-7-5-14(6-8-15)17-13-20(9-11-23-12-10-20)25-18-4-2-1-3-16(17)18/h1-8,13,21-23H,9-12H2. The Morgan fingerprint density at radius 3 is 2.48 bits per heavy atom. The van der Waals surface area contributed by atoms with Crippen LogP contribution in [0.15, 0.2) is 59.7 Å². The van der Waals surface area contributed by atoms with E-state index in [-0.39, 0.29) is 11.4 Å². The Kier molecular flexibility index (Phi) is 3.93. The van der Waals surface area contributed by atoms with Crippen LogP contribution in [0.5, 0.6) is 5.75 Å². The summed E-state index contributed by atoms with van der Waals surface area (Å²) in [6.45, 7) is 1.90. The van der Waals surface area contributed by atoms with Gasteiger partial charge < -0.3 is 10.1 Å². The molecule has 1 fully saturated rings. The highest BCUT2D eigenvalue weighted by atomic mass is 16.5. The van der Waals surface area contributed by atoms with Crippen molar-refractivity contribution in [3.05, 3.63) is 71.3 Å². The average Bonchev–Trinajstić information content (AvgIpc) is 2.67. The minimum Gasteiger partial charge on any atom is -0.482 e. The SMILES string of the molecule is N=NC(=N)c1ccc(C2=CC3(CCNCC3)Oc3ccccc32)cc1. The first-order valence-electron chi connectivity index (χ1n) is 8.50. The van der Waals surface area contributed by atoms with Gasteiger partial charge in [0.15, 0.2) is 5.84 Å². The normalized spacial score (nSPS) is 18.0. The van der Waals surface area contributed by atoms with Crippen molar-refractivity contribution < 1.29 is 4.74 Å². The fourth-order valence-electron chi connectivity index (χ4n) is 3.57. The number of amidine groups is 1. The highest BCUT2D eigenvalue weighted by molar-refractivity contribution is 5.97. The summed E-state index contributed by atoms with van der Waals surface area (Å²) in [6, 6.07) is 15.9. The molecule has 1 saturated heterocycles. The van der Waals surface area contributed by atoms with Crippen LogP contribution < -0.4 is 10.1 Å². The Morgan fingerprint density at radius 1 is 1.04 bits per heavy atom. The molecule has 2 aromatic carbocycles. The molecule has 4 rings (SSSR count). The molecule has 0 atom stereocenters. The number of para-hydroxylation sites is 1. The lowest BCUT2D eigenvalue weighted by Gasteiger charge is -2.40. The Bertz CT molecular complexity index is 848. The smallest absolute Gasteiger partial charge is 0.173 e. The summed E-state index contributed by atoms with van der Waals surface area (Å²) < 4.78 is 6.40. The van der Waals surface area contributed by atoms with Crippen LogP contribution in [0.4, 0.5) is 0 Å². The molecule has 2 aromatic rings. The third kappa shape index (κ3) is 2.87. The van der Waals surface area contributed by atoms with E-state index in [0.29, 0.717) is 5.56 Å². The van der Waals surface area contributed by atoms with Gasteiger partial charge in [0, 0.05) is 24.0 Å². The predicted molar refractivity (Wildman–Crippen MR) is 97.4 cm³/mol. The Hall–Kier alpha value is -2.79. The lowest BCUT2D eigenvalue weighted by atomic mass is 9.83. The van der Waals surface area contributed by atoms with Crippen LogP contribution in [0.1, 0.15) is 29.5 Å². The molecule has 5 heteroatoms. The van der Waals surface area contributed by atoms with Crippen molar-refractivity contribution in [3.63, 3.8) is 0 Å². The van der Waals surface area contributed by atoms with E-state index in [9.17, 15) is 0 Å². The molecule has 0 saturated carbocycles. The van der Waals surface area contributed by atoms with E-state index in [1.807, 2.05) is 42.5 Å². The monoisotopic (exact) mass is 332 g/mol. The zero-order valence-corrected chi connectivity index (χ0v) is 13.9. The van der Waals surface area contributed by atoms with Crippen molar-refractivity contribution in [1.29, 1.82) is 10.9 Å². The van der Waals surface area contributed by atoms with E-state index >= 15 is 0 Å². The predicted octanol–water partition coefficient (Wildman–Crippen LogP) is 3.99. The van der Waals surface area contributed by atoms with Crippen molar-refractivity contribution in [2.45, 2.75) is 18.4 Å². The van der Waals surface area contributed by atoms with Gasteiger partial charge in [-0.3, -0.25) is 5.41 Å². The van der Waals surface area contributed by atoms with Crippen molar-refractivity contribution in [3.8, 4) is 5.75 Å². The van der Waals surface area contributed by atoms with Gasteiger partial charge in [0.2, 0.25) is 0 Å². The number of rotatable bonds is 2. The summed E-state index contributed by atoms with van der Waals surface area (Å²) in [5.41, 5.74) is 10.7. The molecule has 0 unspecified atom stereocenters. The zero-order valence-electron chi connectivity index (χ0n) is 13.9. The van der Waals surface area contributed by atoms with Crippen LogP contribution in [-0.2, 0) is 0 Å².